The summed E-state index contributed by atoms with van der Waals surface area (Å²) in [5, 5.41) is 13.2. The molecule has 0 unspecified atom stereocenters. The molecule has 0 radical (unpaired) electrons. The Hall–Kier alpha value is -2.56. The second kappa shape index (κ2) is 10.3. The van der Waals surface area contributed by atoms with Gasteiger partial charge in [0.15, 0.2) is 0 Å². The summed E-state index contributed by atoms with van der Waals surface area (Å²) in [6.07, 6.45) is 6.58. The monoisotopic (exact) mass is 343 g/mol. The molecule has 0 aromatic heterocycles. The molecule has 0 heterocycles. The Bertz CT molecular complexity index is 643. The molecule has 2 rings (SSSR count). The van der Waals surface area contributed by atoms with Gasteiger partial charge < -0.3 is 10.0 Å². The van der Waals surface area contributed by atoms with Crippen molar-refractivity contribution < 1.29 is 9.90 Å². The lowest BCUT2D eigenvalue weighted by atomic mass is 10.0. The van der Waals surface area contributed by atoms with Gasteiger partial charge in [0.25, 0.3) is 0 Å². The Morgan fingerprint density at radius 3 is 2.48 bits per heavy atom. The average Bonchev–Trinajstić information content (AvgIpc) is 2.63. The van der Waals surface area contributed by atoms with Crippen LogP contribution >= 0.6 is 0 Å². The van der Waals surface area contributed by atoms with Gasteiger partial charge in [-0.25, -0.2) is 4.79 Å². The molecule has 0 fully saturated rings. The molecule has 0 saturated heterocycles. The van der Waals surface area contributed by atoms with Gasteiger partial charge in [0.1, 0.15) is 0 Å². The molecule has 0 aliphatic heterocycles. The van der Waals surface area contributed by atoms with Gasteiger partial charge in [0.2, 0.25) is 0 Å². The number of anilines is 1. The number of hydrogen-bond donors (Lipinski definition) is 2. The standard InChI is InChI=1S/C18H23N3O2.C2H6/c1-13(2)21(3)17-9-7-14(8-10-17)12-19-20-16-6-4-5-15(11-16)18(22)23;1-2/h6-13,20H,4-5H2,1-3H3,(H,22,23);1-2H3/b19-12+;. The maximum Gasteiger partial charge on any atom is 0.331 e. The van der Waals surface area contributed by atoms with Crippen LogP contribution in [0.15, 0.2) is 52.8 Å². The molecular weight excluding hydrogens is 314 g/mol. The van der Waals surface area contributed by atoms with E-state index in [0.717, 1.165) is 16.9 Å². The number of hydrogen-bond acceptors (Lipinski definition) is 4. The minimum atomic E-state index is -0.869. The first-order chi connectivity index (χ1) is 12.0. The van der Waals surface area contributed by atoms with Crippen molar-refractivity contribution in [1.82, 2.24) is 5.43 Å². The van der Waals surface area contributed by atoms with Crippen molar-refractivity contribution in [2.24, 2.45) is 5.10 Å². The quantitative estimate of drug-likeness (QED) is 0.601. The van der Waals surface area contributed by atoms with Gasteiger partial charge in [-0.3, -0.25) is 5.43 Å². The Kier molecular flexibility index (Phi) is 8.47. The van der Waals surface area contributed by atoms with Crippen molar-refractivity contribution >= 4 is 17.9 Å². The van der Waals surface area contributed by atoms with Crippen LogP contribution in [0, 0.1) is 0 Å². The van der Waals surface area contributed by atoms with Crippen LogP contribution in [0.3, 0.4) is 0 Å². The molecule has 0 spiro atoms. The van der Waals surface area contributed by atoms with Crippen LogP contribution < -0.4 is 10.3 Å². The second-order valence-corrected chi connectivity index (χ2v) is 5.84. The van der Waals surface area contributed by atoms with Gasteiger partial charge in [-0.05, 0) is 50.5 Å². The highest BCUT2D eigenvalue weighted by Crippen LogP contribution is 2.16. The van der Waals surface area contributed by atoms with Crippen molar-refractivity contribution in [2.75, 3.05) is 11.9 Å². The Balaban J connectivity index is 0.00000151. The fourth-order valence-corrected chi connectivity index (χ4v) is 2.22. The molecule has 5 nitrogen and oxygen atoms in total. The Morgan fingerprint density at radius 1 is 1.28 bits per heavy atom. The SMILES string of the molecule is CC.CC(C)N(C)c1ccc(/C=N/NC2=CCCC(C(=O)O)=C2)cc1. The molecule has 0 saturated carbocycles. The number of nitrogens with zero attached hydrogens (tertiary/aromatic N) is 2. The maximum atomic E-state index is 11.0. The van der Waals surface area contributed by atoms with Crippen LogP contribution in [0.2, 0.25) is 0 Å². The number of carbonyl (C=O) groups is 1. The summed E-state index contributed by atoms with van der Waals surface area (Å²) < 4.78 is 0. The Labute approximate surface area is 150 Å². The lowest BCUT2D eigenvalue weighted by Gasteiger charge is -2.23. The van der Waals surface area contributed by atoms with E-state index in [0.29, 0.717) is 24.5 Å². The highest BCUT2D eigenvalue weighted by Gasteiger charge is 2.11. The van der Waals surface area contributed by atoms with Crippen molar-refractivity contribution in [3.05, 3.63) is 53.3 Å². The number of hydrazone groups is 1. The normalized spacial score (nSPS) is 13.7. The zero-order valence-electron chi connectivity index (χ0n) is 15.8. The summed E-state index contributed by atoms with van der Waals surface area (Å²) in [7, 11) is 2.07. The highest BCUT2D eigenvalue weighted by atomic mass is 16.4. The van der Waals surface area contributed by atoms with E-state index >= 15 is 0 Å². The van der Waals surface area contributed by atoms with Crippen LogP contribution in [0.25, 0.3) is 0 Å². The predicted molar refractivity (Wildman–Crippen MR) is 105 cm³/mol. The largest absolute Gasteiger partial charge is 0.478 e. The summed E-state index contributed by atoms with van der Waals surface area (Å²) in [6.45, 7) is 8.30. The summed E-state index contributed by atoms with van der Waals surface area (Å²) in [6, 6.07) is 8.58. The second-order valence-electron chi connectivity index (χ2n) is 5.84. The molecule has 1 aliphatic rings. The van der Waals surface area contributed by atoms with Crippen molar-refractivity contribution in [3.63, 3.8) is 0 Å². The van der Waals surface area contributed by atoms with Crippen LogP contribution in [0.5, 0.6) is 0 Å². The van der Waals surface area contributed by atoms with E-state index in [4.69, 9.17) is 5.11 Å². The molecule has 0 bridgehead atoms. The minimum Gasteiger partial charge on any atom is -0.478 e. The Morgan fingerprint density at radius 2 is 1.92 bits per heavy atom. The first kappa shape index (κ1) is 20.5. The number of nitrogens with one attached hydrogen (secondary N) is 1. The molecule has 1 aromatic carbocycles. The average molecular weight is 343 g/mol. The van der Waals surface area contributed by atoms with Crippen molar-refractivity contribution in [3.8, 4) is 0 Å². The number of rotatable bonds is 6. The smallest absolute Gasteiger partial charge is 0.331 e. The van der Waals surface area contributed by atoms with Gasteiger partial charge in [0, 0.05) is 24.4 Å². The summed E-state index contributed by atoms with van der Waals surface area (Å²) in [5.74, 6) is -0.869. The molecule has 1 aliphatic carbocycles. The molecule has 1 aromatic rings. The van der Waals surface area contributed by atoms with Crippen LogP contribution in [0.4, 0.5) is 5.69 Å². The van der Waals surface area contributed by atoms with E-state index in [-0.39, 0.29) is 0 Å². The molecule has 25 heavy (non-hydrogen) atoms. The molecule has 0 atom stereocenters. The summed E-state index contributed by atoms with van der Waals surface area (Å²) in [5.41, 5.74) is 6.17. The van der Waals surface area contributed by atoms with E-state index in [1.807, 2.05) is 32.1 Å². The predicted octanol–water partition coefficient (Wildman–Crippen LogP) is 4.17. The van der Waals surface area contributed by atoms with Gasteiger partial charge >= 0.3 is 5.97 Å². The first-order valence-corrected chi connectivity index (χ1v) is 8.73. The molecule has 136 valence electrons. The van der Waals surface area contributed by atoms with E-state index in [1.54, 1.807) is 12.3 Å². The molecule has 2 N–H and O–H groups in total. The van der Waals surface area contributed by atoms with Crippen LogP contribution in [-0.4, -0.2) is 30.4 Å². The fraction of sp³-hybridized carbons (Fsp3) is 0.400. The lowest BCUT2D eigenvalue weighted by Crippen LogP contribution is -2.25. The van der Waals surface area contributed by atoms with Crippen LogP contribution in [-0.2, 0) is 4.79 Å². The van der Waals surface area contributed by atoms with E-state index < -0.39 is 5.97 Å². The van der Waals surface area contributed by atoms with Crippen molar-refractivity contribution in [2.45, 2.75) is 46.6 Å². The number of aliphatic carboxylic acids is 1. The molecular formula is C20H29N3O2. The van der Waals surface area contributed by atoms with Crippen LogP contribution in [0.1, 0.15) is 46.1 Å². The van der Waals surface area contributed by atoms with Gasteiger partial charge in [-0.2, -0.15) is 5.10 Å². The molecule has 5 heteroatoms. The third kappa shape index (κ3) is 6.45. The summed E-state index contributed by atoms with van der Waals surface area (Å²) >= 11 is 0. The minimum absolute atomic E-state index is 0.409. The zero-order valence-corrected chi connectivity index (χ0v) is 15.8. The van der Waals surface area contributed by atoms with E-state index in [2.05, 4.69) is 48.5 Å². The fourth-order valence-electron chi connectivity index (χ4n) is 2.22. The third-order valence-corrected chi connectivity index (χ3v) is 3.86. The number of carboxylic acid groups (broad SMARTS) is 1. The van der Waals surface area contributed by atoms with Crippen molar-refractivity contribution in [1.29, 1.82) is 0 Å². The highest BCUT2D eigenvalue weighted by molar-refractivity contribution is 5.87. The third-order valence-electron chi connectivity index (χ3n) is 3.86. The van der Waals surface area contributed by atoms with E-state index in [1.165, 1.54) is 0 Å². The number of allylic oxidation sites excluding steroid dienone is 2. The number of carboxylic acids is 1. The first-order valence-electron chi connectivity index (χ1n) is 8.73. The van der Waals surface area contributed by atoms with E-state index in [9.17, 15) is 4.79 Å². The molecule has 0 amide bonds. The van der Waals surface area contributed by atoms with Gasteiger partial charge in [-0.1, -0.05) is 32.1 Å². The van der Waals surface area contributed by atoms with Gasteiger partial charge in [0.05, 0.1) is 11.9 Å². The maximum absolute atomic E-state index is 11.0. The topological polar surface area (TPSA) is 64.9 Å². The lowest BCUT2D eigenvalue weighted by molar-refractivity contribution is -0.132. The zero-order chi connectivity index (χ0) is 18.8. The van der Waals surface area contributed by atoms with Gasteiger partial charge in [-0.15, -0.1) is 0 Å². The number of benzene rings is 1. The summed E-state index contributed by atoms with van der Waals surface area (Å²) in [4.78, 5) is 13.2.